The molecule has 0 aliphatic carbocycles. The van der Waals surface area contributed by atoms with Gasteiger partial charge in [0, 0.05) is 45.0 Å². The Morgan fingerprint density at radius 3 is 2.25 bits per heavy atom. The van der Waals surface area contributed by atoms with E-state index in [1.54, 1.807) is 26.4 Å². The third kappa shape index (κ3) is 5.90. The largest absolute Gasteiger partial charge is 0.493 e. The number of aromatic nitrogens is 1. The molecule has 0 bridgehead atoms. The first-order chi connectivity index (χ1) is 15.4. The highest BCUT2D eigenvalue weighted by atomic mass is 32.2. The van der Waals surface area contributed by atoms with Gasteiger partial charge in [0.25, 0.3) is 0 Å². The van der Waals surface area contributed by atoms with Crippen LogP contribution in [-0.2, 0) is 16.6 Å². The van der Waals surface area contributed by atoms with E-state index in [0.29, 0.717) is 0 Å². The van der Waals surface area contributed by atoms with Gasteiger partial charge in [0.1, 0.15) is 10.7 Å². The molecule has 1 aliphatic heterocycles. The third-order valence-electron chi connectivity index (χ3n) is 5.89. The summed E-state index contributed by atoms with van der Waals surface area (Å²) < 4.78 is 38.6. The van der Waals surface area contributed by atoms with Crippen LogP contribution in [-0.4, -0.2) is 64.7 Å². The van der Waals surface area contributed by atoms with E-state index in [0.717, 1.165) is 62.9 Å². The highest BCUT2D eigenvalue weighted by molar-refractivity contribution is 7.89. The van der Waals surface area contributed by atoms with E-state index in [4.69, 9.17) is 9.47 Å². The summed E-state index contributed by atoms with van der Waals surface area (Å²) in [5.41, 5.74) is 1.17. The van der Waals surface area contributed by atoms with Gasteiger partial charge in [-0.05, 0) is 42.7 Å². The van der Waals surface area contributed by atoms with E-state index < -0.39 is 10.0 Å². The fraction of sp³-hybridized carbons (Fsp3) is 0.522. The molecule has 176 valence electrons. The zero-order valence-corrected chi connectivity index (χ0v) is 20.2. The van der Waals surface area contributed by atoms with Gasteiger partial charge in [-0.2, -0.15) is 0 Å². The Balaban J connectivity index is 1.57. The average Bonchev–Trinajstić information content (AvgIpc) is 2.83. The minimum Gasteiger partial charge on any atom is -0.493 e. The van der Waals surface area contributed by atoms with Crippen LogP contribution in [0.25, 0.3) is 0 Å². The minimum atomic E-state index is -3.54. The predicted molar refractivity (Wildman–Crippen MR) is 126 cm³/mol. The summed E-state index contributed by atoms with van der Waals surface area (Å²) in [5, 5.41) is 0. The lowest BCUT2D eigenvalue weighted by Gasteiger charge is -2.35. The number of nitrogens with zero attached hydrogens (tertiary/aromatic N) is 3. The molecule has 1 aromatic carbocycles. The second-order valence-electron chi connectivity index (χ2n) is 7.94. The van der Waals surface area contributed by atoms with Gasteiger partial charge >= 0.3 is 0 Å². The molecule has 1 N–H and O–H groups in total. The number of hydrogen-bond acceptors (Lipinski definition) is 7. The zero-order valence-electron chi connectivity index (χ0n) is 19.4. The van der Waals surface area contributed by atoms with E-state index in [1.807, 2.05) is 26.0 Å². The minimum absolute atomic E-state index is 0.0570. The van der Waals surface area contributed by atoms with Gasteiger partial charge in [0.05, 0.1) is 14.2 Å². The van der Waals surface area contributed by atoms with Crippen LogP contribution >= 0.6 is 0 Å². The van der Waals surface area contributed by atoms with Crippen molar-refractivity contribution in [3.8, 4) is 11.5 Å². The lowest BCUT2D eigenvalue weighted by molar-refractivity contribution is 0.248. The molecule has 1 aliphatic rings. The lowest BCUT2D eigenvalue weighted by Crippen LogP contribution is -2.46. The van der Waals surface area contributed by atoms with Gasteiger partial charge in [0.2, 0.25) is 10.0 Å². The third-order valence-corrected chi connectivity index (χ3v) is 7.39. The van der Waals surface area contributed by atoms with Crippen LogP contribution in [0.15, 0.2) is 41.4 Å². The van der Waals surface area contributed by atoms with Crippen LogP contribution < -0.4 is 19.1 Å². The number of anilines is 1. The highest BCUT2D eigenvalue weighted by Gasteiger charge is 2.21. The van der Waals surface area contributed by atoms with Crippen molar-refractivity contribution in [2.45, 2.75) is 44.2 Å². The molecule has 0 saturated carbocycles. The number of ether oxygens (including phenoxy) is 2. The highest BCUT2D eigenvalue weighted by Crippen LogP contribution is 2.28. The van der Waals surface area contributed by atoms with Crippen molar-refractivity contribution in [1.82, 2.24) is 14.6 Å². The Bertz CT molecular complexity index is 970. The number of pyridine rings is 1. The standard InChI is InChI=1S/C23H34N4O4S/c1-5-19(6-2)25-32(28,29)20-8-10-23(24-16-20)27-13-11-26(12-14-27)17-18-7-9-21(30-3)22(15-18)31-4/h7-10,15-16,19,25H,5-6,11-14,17H2,1-4H3. The quantitative estimate of drug-likeness (QED) is 0.581. The molecule has 1 aromatic heterocycles. The van der Waals surface area contributed by atoms with Crippen LogP contribution in [0, 0.1) is 0 Å². The Kier molecular flexibility index (Phi) is 8.33. The van der Waals surface area contributed by atoms with Crippen molar-refractivity contribution in [1.29, 1.82) is 0 Å². The van der Waals surface area contributed by atoms with Crippen molar-refractivity contribution in [2.24, 2.45) is 0 Å². The first-order valence-corrected chi connectivity index (χ1v) is 12.5. The van der Waals surface area contributed by atoms with Gasteiger partial charge in [-0.25, -0.2) is 18.1 Å². The SMILES string of the molecule is CCC(CC)NS(=O)(=O)c1ccc(N2CCN(Cc3ccc(OC)c(OC)c3)CC2)nc1. The number of nitrogens with one attached hydrogen (secondary N) is 1. The van der Waals surface area contributed by atoms with Gasteiger partial charge in [-0.1, -0.05) is 19.9 Å². The Morgan fingerprint density at radius 2 is 1.69 bits per heavy atom. The topological polar surface area (TPSA) is 84.0 Å². The maximum absolute atomic E-state index is 12.6. The van der Waals surface area contributed by atoms with Crippen molar-refractivity contribution in [3.05, 3.63) is 42.1 Å². The molecular formula is C23H34N4O4S. The molecule has 2 aromatic rings. The molecule has 0 amide bonds. The molecule has 0 radical (unpaired) electrons. The molecular weight excluding hydrogens is 428 g/mol. The number of methoxy groups -OCH3 is 2. The maximum atomic E-state index is 12.6. The van der Waals surface area contributed by atoms with Crippen LogP contribution in [0.1, 0.15) is 32.3 Å². The summed E-state index contributed by atoms with van der Waals surface area (Å²) in [6, 6.07) is 9.39. The fourth-order valence-electron chi connectivity index (χ4n) is 3.83. The Labute approximate surface area is 191 Å². The molecule has 2 heterocycles. The zero-order chi connectivity index (χ0) is 23.1. The summed E-state index contributed by atoms with van der Waals surface area (Å²) in [7, 11) is -0.264. The number of piperazine rings is 1. The normalized spacial score (nSPS) is 15.2. The summed E-state index contributed by atoms with van der Waals surface area (Å²) in [4.78, 5) is 9.22. The monoisotopic (exact) mass is 462 g/mol. The van der Waals surface area contributed by atoms with Gasteiger partial charge < -0.3 is 14.4 Å². The number of benzene rings is 1. The number of rotatable bonds is 10. The predicted octanol–water partition coefficient (Wildman–Crippen LogP) is 2.89. The van der Waals surface area contributed by atoms with Crippen LogP contribution in [0.2, 0.25) is 0 Å². The molecule has 9 heteroatoms. The van der Waals surface area contributed by atoms with Gasteiger partial charge in [-0.15, -0.1) is 0 Å². The van der Waals surface area contributed by atoms with E-state index in [1.165, 1.54) is 11.8 Å². The first-order valence-electron chi connectivity index (χ1n) is 11.1. The molecule has 1 fully saturated rings. The smallest absolute Gasteiger partial charge is 0.242 e. The van der Waals surface area contributed by atoms with E-state index in [-0.39, 0.29) is 10.9 Å². The molecule has 0 atom stereocenters. The molecule has 1 saturated heterocycles. The summed E-state index contributed by atoms with van der Waals surface area (Å²) in [6.45, 7) is 8.24. The first kappa shape index (κ1) is 24.3. The van der Waals surface area contributed by atoms with Crippen LogP contribution in [0.3, 0.4) is 0 Å². The molecule has 32 heavy (non-hydrogen) atoms. The van der Waals surface area contributed by atoms with E-state index in [2.05, 4.69) is 25.6 Å². The molecule has 0 spiro atoms. The van der Waals surface area contributed by atoms with Crippen molar-refractivity contribution in [3.63, 3.8) is 0 Å². The maximum Gasteiger partial charge on any atom is 0.242 e. The van der Waals surface area contributed by atoms with Crippen LogP contribution in [0.4, 0.5) is 5.82 Å². The van der Waals surface area contributed by atoms with Crippen molar-refractivity contribution >= 4 is 15.8 Å². The van der Waals surface area contributed by atoms with E-state index >= 15 is 0 Å². The molecule has 8 nitrogen and oxygen atoms in total. The fourth-order valence-corrected chi connectivity index (χ4v) is 5.18. The lowest BCUT2D eigenvalue weighted by atomic mass is 10.1. The summed E-state index contributed by atoms with van der Waals surface area (Å²) in [6.07, 6.45) is 2.97. The van der Waals surface area contributed by atoms with Crippen molar-refractivity contribution in [2.75, 3.05) is 45.3 Å². The van der Waals surface area contributed by atoms with Gasteiger partial charge in [-0.3, -0.25) is 4.90 Å². The van der Waals surface area contributed by atoms with Crippen molar-refractivity contribution < 1.29 is 17.9 Å². The molecule has 0 unspecified atom stereocenters. The second-order valence-corrected chi connectivity index (χ2v) is 9.65. The summed E-state index contributed by atoms with van der Waals surface area (Å²) >= 11 is 0. The van der Waals surface area contributed by atoms with E-state index in [9.17, 15) is 8.42 Å². The second kappa shape index (κ2) is 11.0. The summed E-state index contributed by atoms with van der Waals surface area (Å²) in [5.74, 6) is 2.27. The Hall–Kier alpha value is -2.36. The van der Waals surface area contributed by atoms with Crippen LogP contribution in [0.5, 0.6) is 11.5 Å². The molecule has 3 rings (SSSR count). The average molecular weight is 463 g/mol. The number of sulfonamides is 1. The Morgan fingerprint density at radius 1 is 1.00 bits per heavy atom. The number of hydrogen-bond donors (Lipinski definition) is 1. The van der Waals surface area contributed by atoms with Gasteiger partial charge in [0.15, 0.2) is 11.5 Å².